The van der Waals surface area contributed by atoms with Gasteiger partial charge in [-0.25, -0.2) is 0 Å². The highest BCUT2D eigenvalue weighted by atomic mass is 16.5. The van der Waals surface area contributed by atoms with Crippen LogP contribution in [-0.4, -0.2) is 46.5 Å². The van der Waals surface area contributed by atoms with E-state index in [1.807, 2.05) is 13.0 Å². The van der Waals surface area contributed by atoms with Crippen molar-refractivity contribution in [3.05, 3.63) is 71.5 Å². The summed E-state index contributed by atoms with van der Waals surface area (Å²) in [6.45, 7) is 2.18. The molecule has 4 rings (SSSR count). The lowest BCUT2D eigenvalue weighted by atomic mass is 9.98. The highest BCUT2D eigenvalue weighted by Gasteiger charge is 2.43. The van der Waals surface area contributed by atoms with Crippen LogP contribution < -0.4 is 9.47 Å². The fourth-order valence-corrected chi connectivity index (χ4v) is 4.01. The molecule has 0 radical (unpaired) electrons. The van der Waals surface area contributed by atoms with Gasteiger partial charge in [-0.2, -0.15) is 0 Å². The van der Waals surface area contributed by atoms with E-state index >= 15 is 0 Å². The molecule has 3 aromatic rings. The molecule has 0 spiro atoms. The molecular weight excluding hydrogens is 412 g/mol. The van der Waals surface area contributed by atoms with Crippen molar-refractivity contribution in [3.8, 4) is 22.6 Å². The predicted molar refractivity (Wildman–Crippen MR) is 116 cm³/mol. The van der Waals surface area contributed by atoms with Crippen LogP contribution in [0, 0.1) is 0 Å². The quantitative estimate of drug-likeness (QED) is 0.521. The Morgan fingerprint density at radius 2 is 1.88 bits per heavy atom. The maximum Gasteiger partial charge on any atom is 0.305 e. The Labute approximate surface area is 184 Å². The minimum atomic E-state index is -1.13. The highest BCUT2D eigenvalue weighted by Crippen LogP contribution is 2.40. The zero-order valence-corrected chi connectivity index (χ0v) is 17.6. The average Bonchev–Trinajstić information content (AvgIpc) is 3.40. The number of carboxylic acids is 1. The number of carbonyl (C=O) groups excluding carboxylic acids is 2. The van der Waals surface area contributed by atoms with Crippen molar-refractivity contribution in [1.29, 1.82) is 0 Å². The second-order valence-corrected chi connectivity index (χ2v) is 7.27. The number of imide groups is 1. The molecule has 1 atom stereocenters. The van der Waals surface area contributed by atoms with Crippen molar-refractivity contribution in [2.75, 3.05) is 13.7 Å². The molecule has 2 N–H and O–H groups in total. The minimum Gasteiger partial charge on any atom is -0.493 e. The Kier molecular flexibility index (Phi) is 5.68. The van der Waals surface area contributed by atoms with Gasteiger partial charge in [0.15, 0.2) is 11.5 Å². The van der Waals surface area contributed by atoms with Gasteiger partial charge >= 0.3 is 5.97 Å². The standard InChI is InChI=1S/C24H22N2O6/c1-3-32-20-11-14(7-8-19(20)31-2)18(12-21(27)28)26-23(29)17-6-4-5-16(22(17)24(26)30)15-9-10-25-13-15/h4-11,13,18,25H,3,12H2,1-2H3,(H,27,28). The van der Waals surface area contributed by atoms with Crippen LogP contribution in [0.2, 0.25) is 0 Å². The first-order valence-electron chi connectivity index (χ1n) is 10.1. The number of aliphatic carboxylic acids is 1. The molecule has 1 aliphatic heterocycles. The summed E-state index contributed by atoms with van der Waals surface area (Å²) < 4.78 is 10.9. The van der Waals surface area contributed by atoms with Gasteiger partial charge in [-0.3, -0.25) is 19.3 Å². The van der Waals surface area contributed by atoms with E-state index in [0.29, 0.717) is 29.2 Å². The smallest absolute Gasteiger partial charge is 0.305 e. The van der Waals surface area contributed by atoms with E-state index < -0.39 is 30.2 Å². The van der Waals surface area contributed by atoms with E-state index in [4.69, 9.17) is 9.47 Å². The van der Waals surface area contributed by atoms with Crippen molar-refractivity contribution in [3.63, 3.8) is 0 Å². The van der Waals surface area contributed by atoms with E-state index in [9.17, 15) is 19.5 Å². The molecule has 0 bridgehead atoms. The van der Waals surface area contributed by atoms with E-state index in [0.717, 1.165) is 10.5 Å². The molecule has 8 heteroatoms. The number of nitrogens with one attached hydrogen (secondary N) is 1. The summed E-state index contributed by atoms with van der Waals surface area (Å²) in [4.78, 5) is 42.5. The number of nitrogens with zero attached hydrogens (tertiary/aromatic N) is 1. The number of benzene rings is 2. The van der Waals surface area contributed by atoms with Crippen LogP contribution in [0.4, 0.5) is 0 Å². The van der Waals surface area contributed by atoms with Crippen molar-refractivity contribution < 1.29 is 29.0 Å². The molecule has 0 saturated heterocycles. The highest BCUT2D eigenvalue weighted by molar-refractivity contribution is 6.24. The second-order valence-electron chi connectivity index (χ2n) is 7.27. The van der Waals surface area contributed by atoms with E-state index in [1.54, 1.807) is 48.8 Å². The first-order valence-corrected chi connectivity index (χ1v) is 10.1. The number of amides is 2. The number of aromatic nitrogens is 1. The normalized spacial score (nSPS) is 13.8. The van der Waals surface area contributed by atoms with Gasteiger partial charge < -0.3 is 19.6 Å². The minimum absolute atomic E-state index is 0.252. The van der Waals surface area contributed by atoms with Crippen LogP contribution in [-0.2, 0) is 4.79 Å². The third kappa shape index (κ3) is 3.60. The van der Waals surface area contributed by atoms with Crippen molar-refractivity contribution in [1.82, 2.24) is 9.88 Å². The summed E-state index contributed by atoms with van der Waals surface area (Å²) in [5, 5.41) is 9.56. The zero-order chi connectivity index (χ0) is 22.8. The fourth-order valence-electron chi connectivity index (χ4n) is 4.01. The van der Waals surface area contributed by atoms with Crippen molar-refractivity contribution >= 4 is 17.8 Å². The monoisotopic (exact) mass is 434 g/mol. The number of rotatable bonds is 8. The first-order chi connectivity index (χ1) is 15.5. The van der Waals surface area contributed by atoms with Crippen LogP contribution in [0.5, 0.6) is 11.5 Å². The SMILES string of the molecule is CCOc1cc(C(CC(=O)O)N2C(=O)c3cccc(-c4cc[nH]c4)c3C2=O)ccc1OC. The number of H-pyrrole nitrogens is 1. The molecule has 0 fully saturated rings. The summed E-state index contributed by atoms with van der Waals surface area (Å²) in [5.74, 6) is -1.30. The van der Waals surface area contributed by atoms with Gasteiger partial charge in [0, 0.05) is 12.4 Å². The molecule has 8 nitrogen and oxygen atoms in total. The molecular formula is C24H22N2O6. The average molecular weight is 434 g/mol. The zero-order valence-electron chi connectivity index (χ0n) is 17.6. The molecule has 1 aliphatic rings. The second kappa shape index (κ2) is 8.58. The Hall–Kier alpha value is -4.07. The lowest BCUT2D eigenvalue weighted by Gasteiger charge is -2.26. The van der Waals surface area contributed by atoms with E-state index in [1.165, 1.54) is 7.11 Å². The van der Waals surface area contributed by atoms with Crippen LogP contribution >= 0.6 is 0 Å². The number of methoxy groups -OCH3 is 1. The van der Waals surface area contributed by atoms with Gasteiger partial charge in [0.25, 0.3) is 11.8 Å². The molecule has 2 amide bonds. The van der Waals surface area contributed by atoms with E-state index in [2.05, 4.69) is 4.98 Å². The molecule has 2 aromatic carbocycles. The number of aromatic amines is 1. The summed E-state index contributed by atoms with van der Waals surface area (Å²) >= 11 is 0. The van der Waals surface area contributed by atoms with E-state index in [-0.39, 0.29) is 11.1 Å². The number of ether oxygens (including phenoxy) is 2. The largest absolute Gasteiger partial charge is 0.493 e. The Morgan fingerprint density at radius 1 is 1.09 bits per heavy atom. The van der Waals surface area contributed by atoms with Crippen molar-refractivity contribution in [2.45, 2.75) is 19.4 Å². The molecule has 1 aromatic heterocycles. The number of fused-ring (bicyclic) bond motifs is 1. The Bertz CT molecular complexity index is 1190. The maximum atomic E-state index is 13.5. The maximum absolute atomic E-state index is 13.5. The van der Waals surface area contributed by atoms with Gasteiger partial charge in [0.2, 0.25) is 0 Å². The van der Waals surface area contributed by atoms with Crippen LogP contribution in [0.1, 0.15) is 45.7 Å². The first kappa shape index (κ1) is 21.2. The summed E-state index contributed by atoms with van der Waals surface area (Å²) in [6, 6.07) is 10.8. The third-order valence-electron chi connectivity index (χ3n) is 5.41. The van der Waals surface area contributed by atoms with Gasteiger partial charge in [-0.15, -0.1) is 0 Å². The fraction of sp³-hybridized carbons (Fsp3) is 0.208. The van der Waals surface area contributed by atoms with Crippen LogP contribution in [0.3, 0.4) is 0 Å². The van der Waals surface area contributed by atoms with Gasteiger partial charge in [0.1, 0.15) is 0 Å². The van der Waals surface area contributed by atoms with Crippen LogP contribution in [0.15, 0.2) is 54.9 Å². The molecule has 0 aliphatic carbocycles. The Morgan fingerprint density at radius 3 is 2.53 bits per heavy atom. The lowest BCUT2D eigenvalue weighted by molar-refractivity contribution is -0.138. The number of carbonyl (C=O) groups is 3. The molecule has 2 heterocycles. The van der Waals surface area contributed by atoms with Gasteiger partial charge in [-0.05, 0) is 47.9 Å². The molecule has 0 saturated carbocycles. The topological polar surface area (TPSA) is 109 Å². The summed E-state index contributed by atoms with van der Waals surface area (Å²) in [7, 11) is 1.50. The number of carboxylic acid groups (broad SMARTS) is 1. The van der Waals surface area contributed by atoms with Crippen LogP contribution in [0.25, 0.3) is 11.1 Å². The summed E-state index contributed by atoms with van der Waals surface area (Å²) in [6.07, 6.45) is 3.03. The van der Waals surface area contributed by atoms with Gasteiger partial charge in [0.05, 0.1) is 37.3 Å². The van der Waals surface area contributed by atoms with Gasteiger partial charge in [-0.1, -0.05) is 18.2 Å². The molecule has 32 heavy (non-hydrogen) atoms. The molecule has 164 valence electrons. The predicted octanol–water partition coefficient (Wildman–Crippen LogP) is 3.90. The third-order valence-corrected chi connectivity index (χ3v) is 5.41. The van der Waals surface area contributed by atoms with Crippen molar-refractivity contribution in [2.24, 2.45) is 0 Å². The summed E-state index contributed by atoms with van der Waals surface area (Å²) in [5.41, 5.74) is 2.37. The lowest BCUT2D eigenvalue weighted by Crippen LogP contribution is -2.35. The Balaban J connectivity index is 1.81. The number of hydrogen-bond donors (Lipinski definition) is 2. The molecule has 1 unspecified atom stereocenters. The number of hydrogen-bond acceptors (Lipinski definition) is 5.